The number of nitrogens with zero attached hydrogens (tertiary/aromatic N) is 1. The normalized spacial score (nSPS) is 18.6. The fourth-order valence-electron chi connectivity index (χ4n) is 2.76. The molecular weight excluding hydrogens is 266 g/mol. The Kier molecular flexibility index (Phi) is 4.02. The van der Waals surface area contributed by atoms with Crippen molar-refractivity contribution in [3.8, 4) is 0 Å². The molecular formula is C17H25NO3. The third kappa shape index (κ3) is 3.97. The van der Waals surface area contributed by atoms with Crippen LogP contribution in [0.1, 0.15) is 52.5 Å². The molecule has 116 valence electrons. The number of fused-ring (bicyclic) bond motifs is 1. The molecule has 1 atom stereocenters. The monoisotopic (exact) mass is 291 g/mol. The molecule has 1 N–H and O–H groups in total. The fourth-order valence-corrected chi connectivity index (χ4v) is 2.76. The van der Waals surface area contributed by atoms with Crippen molar-refractivity contribution in [2.45, 2.75) is 58.2 Å². The van der Waals surface area contributed by atoms with E-state index >= 15 is 0 Å². The van der Waals surface area contributed by atoms with Gasteiger partial charge in [-0.15, -0.1) is 0 Å². The molecule has 0 spiro atoms. The van der Waals surface area contributed by atoms with Gasteiger partial charge in [0.05, 0.1) is 11.3 Å². The number of rotatable bonds is 2. The van der Waals surface area contributed by atoms with Crippen molar-refractivity contribution in [2.24, 2.45) is 0 Å². The van der Waals surface area contributed by atoms with Gasteiger partial charge in [-0.25, -0.2) is 4.79 Å². The number of carbonyl (C=O) groups excluding carboxylic acids is 1. The minimum Gasteiger partial charge on any atom is -0.443 e. The molecule has 1 amide bonds. The molecule has 0 aliphatic carbocycles. The molecule has 1 aromatic carbocycles. The Morgan fingerprint density at radius 2 is 1.90 bits per heavy atom. The number of anilines is 1. The summed E-state index contributed by atoms with van der Waals surface area (Å²) in [5.41, 5.74) is 0.716. The topological polar surface area (TPSA) is 49.8 Å². The van der Waals surface area contributed by atoms with Gasteiger partial charge in [-0.3, -0.25) is 4.90 Å². The van der Waals surface area contributed by atoms with E-state index in [-0.39, 0.29) is 12.0 Å². The molecule has 1 aromatic rings. The van der Waals surface area contributed by atoms with Gasteiger partial charge < -0.3 is 9.84 Å². The zero-order valence-corrected chi connectivity index (χ0v) is 13.5. The summed E-state index contributed by atoms with van der Waals surface area (Å²) in [6.45, 7) is 9.74. The maximum Gasteiger partial charge on any atom is 0.414 e. The zero-order valence-electron chi connectivity index (χ0n) is 13.5. The van der Waals surface area contributed by atoms with E-state index in [2.05, 4.69) is 0 Å². The molecule has 0 saturated heterocycles. The molecule has 0 fully saturated rings. The van der Waals surface area contributed by atoms with E-state index in [4.69, 9.17) is 4.74 Å². The van der Waals surface area contributed by atoms with E-state index in [1.54, 1.807) is 18.7 Å². The summed E-state index contributed by atoms with van der Waals surface area (Å²) in [6, 6.07) is 7.84. The van der Waals surface area contributed by atoms with E-state index in [0.717, 1.165) is 11.3 Å². The first kappa shape index (κ1) is 15.8. The first-order valence-electron chi connectivity index (χ1n) is 7.39. The second-order valence-corrected chi connectivity index (χ2v) is 7.36. The summed E-state index contributed by atoms with van der Waals surface area (Å²) in [5, 5.41) is 10.1. The van der Waals surface area contributed by atoms with Crippen molar-refractivity contribution in [1.82, 2.24) is 0 Å². The number of aliphatic hydroxyl groups is 1. The first-order valence-corrected chi connectivity index (χ1v) is 7.39. The summed E-state index contributed by atoms with van der Waals surface area (Å²) in [5.74, 6) is 0.133. The van der Waals surface area contributed by atoms with Crippen LogP contribution in [0, 0.1) is 0 Å². The maximum absolute atomic E-state index is 12.4. The minimum absolute atomic E-state index is 0.133. The highest BCUT2D eigenvalue weighted by molar-refractivity contribution is 5.91. The molecule has 1 unspecified atom stereocenters. The number of para-hydroxylation sites is 1. The van der Waals surface area contributed by atoms with Crippen LogP contribution in [0.4, 0.5) is 10.5 Å². The van der Waals surface area contributed by atoms with Crippen LogP contribution in [0.3, 0.4) is 0 Å². The van der Waals surface area contributed by atoms with Crippen LogP contribution in [0.25, 0.3) is 0 Å². The number of hydrogen-bond acceptors (Lipinski definition) is 3. The molecule has 1 aliphatic heterocycles. The number of amides is 1. The lowest BCUT2D eigenvalue weighted by atomic mass is 9.89. The Morgan fingerprint density at radius 3 is 2.48 bits per heavy atom. The van der Waals surface area contributed by atoms with Crippen molar-refractivity contribution in [2.75, 3.05) is 11.4 Å². The van der Waals surface area contributed by atoms with Crippen LogP contribution in [-0.2, 0) is 4.74 Å². The smallest absolute Gasteiger partial charge is 0.414 e. The molecule has 2 rings (SSSR count). The standard InChI is InChI=1S/C17H25NO3/c1-16(2,3)21-15(19)18-11-12(10-17(4,5)20)13-8-6-7-9-14(13)18/h6-9,12,20H,10-11H2,1-5H3. The molecule has 21 heavy (non-hydrogen) atoms. The van der Waals surface area contributed by atoms with Crippen LogP contribution in [0.15, 0.2) is 24.3 Å². The molecule has 1 heterocycles. The average Bonchev–Trinajstić information content (AvgIpc) is 2.64. The number of carbonyl (C=O) groups is 1. The molecule has 0 radical (unpaired) electrons. The Bertz CT molecular complexity index is 526. The highest BCUT2D eigenvalue weighted by Crippen LogP contribution is 2.40. The summed E-state index contributed by atoms with van der Waals surface area (Å²) >= 11 is 0. The molecule has 1 aliphatic rings. The number of ether oxygens (including phenoxy) is 1. The van der Waals surface area contributed by atoms with Gasteiger partial charge in [0.25, 0.3) is 0 Å². The minimum atomic E-state index is -0.762. The summed E-state index contributed by atoms with van der Waals surface area (Å²) in [4.78, 5) is 14.1. The van der Waals surface area contributed by atoms with E-state index in [1.165, 1.54) is 0 Å². The molecule has 0 aromatic heterocycles. The third-order valence-electron chi connectivity index (χ3n) is 3.43. The summed E-state index contributed by atoms with van der Waals surface area (Å²) in [6.07, 6.45) is 0.289. The van der Waals surface area contributed by atoms with Gasteiger partial charge >= 0.3 is 6.09 Å². The lowest BCUT2D eigenvalue weighted by Gasteiger charge is -2.26. The molecule has 4 nitrogen and oxygen atoms in total. The van der Waals surface area contributed by atoms with E-state index in [9.17, 15) is 9.90 Å². The lowest BCUT2D eigenvalue weighted by molar-refractivity contribution is 0.0548. The fraction of sp³-hybridized carbons (Fsp3) is 0.588. The van der Waals surface area contributed by atoms with E-state index < -0.39 is 11.2 Å². The van der Waals surface area contributed by atoms with Crippen molar-refractivity contribution < 1.29 is 14.6 Å². The van der Waals surface area contributed by atoms with Gasteiger partial charge in [-0.1, -0.05) is 18.2 Å². The third-order valence-corrected chi connectivity index (χ3v) is 3.43. The van der Waals surface area contributed by atoms with Crippen molar-refractivity contribution >= 4 is 11.8 Å². The van der Waals surface area contributed by atoms with Crippen LogP contribution in [0.2, 0.25) is 0 Å². The first-order chi connectivity index (χ1) is 9.57. The van der Waals surface area contributed by atoms with Crippen molar-refractivity contribution in [3.05, 3.63) is 29.8 Å². The molecule has 4 heteroatoms. The van der Waals surface area contributed by atoms with Gasteiger partial charge in [-0.2, -0.15) is 0 Å². The number of hydrogen-bond donors (Lipinski definition) is 1. The summed E-state index contributed by atoms with van der Waals surface area (Å²) < 4.78 is 5.48. The number of benzene rings is 1. The SMILES string of the molecule is CC(C)(O)CC1CN(C(=O)OC(C)(C)C)c2ccccc21. The Balaban J connectivity index is 2.25. The van der Waals surface area contributed by atoms with Gasteiger partial charge in [0.1, 0.15) is 5.60 Å². The van der Waals surface area contributed by atoms with Gasteiger partial charge in [0.2, 0.25) is 0 Å². The lowest BCUT2D eigenvalue weighted by Crippen LogP contribution is -2.36. The van der Waals surface area contributed by atoms with Gasteiger partial charge in [-0.05, 0) is 52.7 Å². The largest absolute Gasteiger partial charge is 0.443 e. The predicted octanol–water partition coefficient (Wildman–Crippen LogP) is 3.69. The van der Waals surface area contributed by atoms with Gasteiger partial charge in [0, 0.05) is 12.5 Å². The Hall–Kier alpha value is -1.55. The predicted molar refractivity (Wildman–Crippen MR) is 83.7 cm³/mol. The second-order valence-electron chi connectivity index (χ2n) is 7.36. The molecule has 0 bridgehead atoms. The van der Waals surface area contributed by atoms with Crippen molar-refractivity contribution in [1.29, 1.82) is 0 Å². The second kappa shape index (κ2) is 5.34. The zero-order chi connectivity index (χ0) is 15.8. The molecule has 0 saturated carbocycles. The van der Waals surface area contributed by atoms with Crippen LogP contribution in [0.5, 0.6) is 0 Å². The highest BCUT2D eigenvalue weighted by atomic mass is 16.6. The summed E-state index contributed by atoms with van der Waals surface area (Å²) in [7, 11) is 0. The Labute approximate surface area is 126 Å². The van der Waals surface area contributed by atoms with Crippen LogP contribution >= 0.6 is 0 Å². The van der Waals surface area contributed by atoms with E-state index in [1.807, 2.05) is 45.0 Å². The quantitative estimate of drug-likeness (QED) is 0.904. The van der Waals surface area contributed by atoms with Gasteiger partial charge in [0.15, 0.2) is 0 Å². The van der Waals surface area contributed by atoms with Crippen molar-refractivity contribution in [3.63, 3.8) is 0 Å². The van der Waals surface area contributed by atoms with Crippen LogP contribution in [-0.4, -0.2) is 28.9 Å². The highest BCUT2D eigenvalue weighted by Gasteiger charge is 2.36. The maximum atomic E-state index is 12.4. The Morgan fingerprint density at radius 1 is 1.29 bits per heavy atom. The van der Waals surface area contributed by atoms with Crippen LogP contribution < -0.4 is 4.90 Å². The van der Waals surface area contributed by atoms with E-state index in [0.29, 0.717) is 13.0 Å². The average molecular weight is 291 g/mol.